The number of amides is 2. The Morgan fingerprint density at radius 3 is 2.50 bits per heavy atom. The van der Waals surface area contributed by atoms with E-state index in [0.717, 1.165) is 11.3 Å². The molecule has 1 aliphatic heterocycles. The zero-order valence-corrected chi connectivity index (χ0v) is 10.2. The van der Waals surface area contributed by atoms with Gasteiger partial charge in [0.25, 0.3) is 5.91 Å². The van der Waals surface area contributed by atoms with Gasteiger partial charge in [-0.2, -0.15) is 0 Å². The van der Waals surface area contributed by atoms with E-state index in [-0.39, 0.29) is 17.5 Å². The van der Waals surface area contributed by atoms with Crippen LogP contribution >= 0.6 is 0 Å². The molecule has 1 atom stereocenters. The minimum atomic E-state index is -0.495. The Bertz CT molecular complexity index is 505. The summed E-state index contributed by atoms with van der Waals surface area (Å²) in [7, 11) is 1.59. The zero-order valence-electron chi connectivity index (χ0n) is 10.2. The second-order valence-electron chi connectivity index (χ2n) is 4.02. The molecule has 5 nitrogen and oxygen atoms in total. The lowest BCUT2D eigenvalue weighted by Crippen LogP contribution is -2.53. The predicted octanol–water partition coefficient (Wildman–Crippen LogP) is 0.671. The van der Waals surface area contributed by atoms with Gasteiger partial charge in [-0.15, -0.1) is 0 Å². The summed E-state index contributed by atoms with van der Waals surface area (Å²) in [6, 6.07) is 6.70. The minimum Gasteiger partial charge on any atom is -0.497 e. The number of hydrogen-bond donors (Lipinski definition) is 2. The molecule has 1 fully saturated rings. The van der Waals surface area contributed by atoms with Crippen LogP contribution in [0.25, 0.3) is 6.08 Å². The second-order valence-corrected chi connectivity index (χ2v) is 4.02. The number of carbonyl (C=O) groups is 2. The summed E-state index contributed by atoms with van der Waals surface area (Å²) in [5.74, 6) is 0.246. The van der Waals surface area contributed by atoms with Crippen LogP contribution in [-0.4, -0.2) is 25.0 Å². The summed E-state index contributed by atoms with van der Waals surface area (Å²) in [6.45, 7) is 1.64. The fourth-order valence-corrected chi connectivity index (χ4v) is 1.61. The molecule has 1 saturated heterocycles. The van der Waals surface area contributed by atoms with Gasteiger partial charge in [0, 0.05) is 0 Å². The lowest BCUT2D eigenvalue weighted by atomic mass is 10.1. The molecule has 0 radical (unpaired) electrons. The number of hydrogen-bond acceptors (Lipinski definition) is 3. The van der Waals surface area contributed by atoms with Crippen molar-refractivity contribution in [2.75, 3.05) is 7.11 Å². The smallest absolute Gasteiger partial charge is 0.268 e. The highest BCUT2D eigenvalue weighted by molar-refractivity contribution is 6.07. The van der Waals surface area contributed by atoms with Crippen molar-refractivity contribution in [2.24, 2.45) is 0 Å². The van der Waals surface area contributed by atoms with Gasteiger partial charge in [-0.05, 0) is 30.7 Å². The molecular formula is C13H14N2O3. The highest BCUT2D eigenvalue weighted by atomic mass is 16.5. The maximum Gasteiger partial charge on any atom is 0.268 e. The summed E-state index contributed by atoms with van der Waals surface area (Å²) in [5.41, 5.74) is 1.07. The van der Waals surface area contributed by atoms with Crippen molar-refractivity contribution in [3.05, 3.63) is 35.5 Å². The Hall–Kier alpha value is -2.30. The number of benzene rings is 1. The maximum atomic E-state index is 11.7. The molecule has 0 aromatic heterocycles. The molecule has 94 valence electrons. The Morgan fingerprint density at radius 2 is 1.89 bits per heavy atom. The molecule has 1 aromatic rings. The van der Waals surface area contributed by atoms with Crippen LogP contribution in [0.2, 0.25) is 0 Å². The number of nitrogens with one attached hydrogen (secondary N) is 2. The van der Waals surface area contributed by atoms with Gasteiger partial charge >= 0.3 is 0 Å². The molecule has 0 unspecified atom stereocenters. The van der Waals surface area contributed by atoms with Crippen molar-refractivity contribution >= 4 is 17.9 Å². The molecule has 5 heteroatoms. The fourth-order valence-electron chi connectivity index (χ4n) is 1.61. The first-order valence-electron chi connectivity index (χ1n) is 5.57. The van der Waals surface area contributed by atoms with Gasteiger partial charge in [-0.3, -0.25) is 9.59 Å². The predicted molar refractivity (Wildman–Crippen MR) is 66.7 cm³/mol. The lowest BCUT2D eigenvalue weighted by Gasteiger charge is -2.21. The van der Waals surface area contributed by atoms with Crippen LogP contribution in [0.1, 0.15) is 12.5 Å². The van der Waals surface area contributed by atoms with Crippen molar-refractivity contribution in [3.8, 4) is 5.75 Å². The van der Waals surface area contributed by atoms with E-state index in [1.807, 2.05) is 12.1 Å². The van der Waals surface area contributed by atoms with Crippen molar-refractivity contribution in [3.63, 3.8) is 0 Å². The van der Waals surface area contributed by atoms with E-state index >= 15 is 0 Å². The van der Waals surface area contributed by atoms with E-state index in [4.69, 9.17) is 4.74 Å². The molecule has 2 N–H and O–H groups in total. The Morgan fingerprint density at radius 1 is 1.22 bits per heavy atom. The largest absolute Gasteiger partial charge is 0.497 e. The molecule has 18 heavy (non-hydrogen) atoms. The van der Waals surface area contributed by atoms with Crippen molar-refractivity contribution in [1.29, 1.82) is 0 Å². The average Bonchev–Trinajstić information content (AvgIpc) is 2.37. The first kappa shape index (κ1) is 12.2. The molecule has 0 spiro atoms. The minimum absolute atomic E-state index is 0.214. The SMILES string of the molecule is COc1ccc(/C=C2/NC(=O)[C@@H](C)NC2=O)cc1. The number of methoxy groups -OCH3 is 1. The highest BCUT2D eigenvalue weighted by Gasteiger charge is 2.25. The van der Waals surface area contributed by atoms with Gasteiger partial charge in [0.05, 0.1) is 7.11 Å². The van der Waals surface area contributed by atoms with Gasteiger partial charge < -0.3 is 15.4 Å². The lowest BCUT2D eigenvalue weighted by molar-refractivity contribution is -0.130. The third kappa shape index (κ3) is 2.51. The fraction of sp³-hybridized carbons (Fsp3) is 0.231. The first-order chi connectivity index (χ1) is 8.60. The first-order valence-corrected chi connectivity index (χ1v) is 5.57. The Kier molecular flexibility index (Phi) is 3.32. The molecular weight excluding hydrogens is 232 g/mol. The topological polar surface area (TPSA) is 67.4 Å². The van der Waals surface area contributed by atoms with Gasteiger partial charge in [0.2, 0.25) is 5.91 Å². The zero-order chi connectivity index (χ0) is 13.1. The van der Waals surface area contributed by atoms with Crippen LogP contribution in [0.5, 0.6) is 5.75 Å². The maximum absolute atomic E-state index is 11.7. The number of rotatable bonds is 2. The van der Waals surface area contributed by atoms with Crippen molar-refractivity contribution in [1.82, 2.24) is 10.6 Å². The summed E-state index contributed by atoms with van der Waals surface area (Å²) in [6.07, 6.45) is 1.62. The summed E-state index contributed by atoms with van der Waals surface area (Å²) >= 11 is 0. The van der Waals surface area contributed by atoms with Crippen molar-refractivity contribution < 1.29 is 14.3 Å². The average molecular weight is 246 g/mol. The Balaban J connectivity index is 2.21. The second kappa shape index (κ2) is 4.91. The van der Waals surface area contributed by atoms with Gasteiger partial charge in [0.1, 0.15) is 17.5 Å². The van der Waals surface area contributed by atoms with E-state index < -0.39 is 6.04 Å². The van der Waals surface area contributed by atoms with Gasteiger partial charge in [-0.1, -0.05) is 12.1 Å². The number of piperazine rings is 1. The Labute approximate surface area is 105 Å². The number of ether oxygens (including phenoxy) is 1. The third-order valence-corrected chi connectivity index (χ3v) is 2.67. The molecule has 1 heterocycles. The van der Waals surface area contributed by atoms with Crippen LogP contribution < -0.4 is 15.4 Å². The highest BCUT2D eigenvalue weighted by Crippen LogP contribution is 2.14. The molecule has 2 amide bonds. The van der Waals surface area contributed by atoms with E-state index in [1.54, 1.807) is 32.2 Å². The third-order valence-electron chi connectivity index (χ3n) is 2.67. The molecule has 1 aromatic carbocycles. The van der Waals surface area contributed by atoms with Crippen LogP contribution in [0.15, 0.2) is 30.0 Å². The standard InChI is InChI=1S/C13H14N2O3/c1-8-12(16)15-11(13(17)14-8)7-9-3-5-10(18-2)6-4-9/h3-8H,1-2H3,(H,14,17)(H,15,16)/b11-7+/t8-/m1/s1. The van der Waals surface area contributed by atoms with Crippen molar-refractivity contribution in [2.45, 2.75) is 13.0 Å². The molecule has 0 aliphatic carbocycles. The summed E-state index contributed by atoms with van der Waals surface area (Å²) in [4.78, 5) is 23.1. The van der Waals surface area contributed by atoms with E-state index in [0.29, 0.717) is 0 Å². The van der Waals surface area contributed by atoms with Gasteiger partial charge in [-0.25, -0.2) is 0 Å². The molecule has 1 aliphatic rings. The van der Waals surface area contributed by atoms with Crippen LogP contribution in [-0.2, 0) is 9.59 Å². The molecule has 2 rings (SSSR count). The van der Waals surface area contributed by atoms with Gasteiger partial charge in [0.15, 0.2) is 0 Å². The summed E-state index contributed by atoms with van der Waals surface area (Å²) in [5, 5.41) is 5.15. The van der Waals surface area contributed by atoms with E-state index in [9.17, 15) is 9.59 Å². The number of carbonyl (C=O) groups excluding carboxylic acids is 2. The monoisotopic (exact) mass is 246 g/mol. The van der Waals surface area contributed by atoms with E-state index in [1.165, 1.54) is 0 Å². The van der Waals surface area contributed by atoms with Crippen LogP contribution in [0, 0.1) is 0 Å². The molecule has 0 saturated carbocycles. The van der Waals surface area contributed by atoms with E-state index in [2.05, 4.69) is 10.6 Å². The van der Waals surface area contributed by atoms with Crippen LogP contribution in [0.4, 0.5) is 0 Å². The summed E-state index contributed by atoms with van der Waals surface area (Å²) < 4.78 is 5.04. The molecule has 0 bridgehead atoms. The van der Waals surface area contributed by atoms with Crippen LogP contribution in [0.3, 0.4) is 0 Å². The quantitative estimate of drug-likeness (QED) is 0.754. The normalized spacial score (nSPS) is 21.4.